The number of pyridine rings is 1. The first-order valence-corrected chi connectivity index (χ1v) is 10.8. The van der Waals surface area contributed by atoms with Gasteiger partial charge in [0.05, 0.1) is 16.8 Å². The summed E-state index contributed by atoms with van der Waals surface area (Å²) in [7, 11) is -3.63. The van der Waals surface area contributed by atoms with Gasteiger partial charge in [0.1, 0.15) is 5.82 Å². The Balaban J connectivity index is 1.78. The predicted octanol–water partition coefficient (Wildman–Crippen LogP) is 5.06. The summed E-state index contributed by atoms with van der Waals surface area (Å²) >= 11 is 0. The van der Waals surface area contributed by atoms with E-state index in [4.69, 9.17) is 0 Å². The predicted molar refractivity (Wildman–Crippen MR) is 115 cm³/mol. The standard InChI is InChI=1S/C22H25N3O2S/c1-4-17-7-6-8-18(5-2)22(17)24-21-14-11-19(15-23-21)25-28(26,27)20-12-9-16(3)10-13-20/h6-15,25H,4-5H2,1-3H3,(H,23,24). The molecule has 0 atom stereocenters. The van der Waals surface area contributed by atoms with Gasteiger partial charge in [0, 0.05) is 5.69 Å². The van der Waals surface area contributed by atoms with Gasteiger partial charge in [-0.1, -0.05) is 49.7 Å². The van der Waals surface area contributed by atoms with Crippen LogP contribution in [-0.4, -0.2) is 13.4 Å². The van der Waals surface area contributed by atoms with Crippen molar-refractivity contribution in [2.75, 3.05) is 10.0 Å². The van der Waals surface area contributed by atoms with Crippen LogP contribution >= 0.6 is 0 Å². The molecule has 146 valence electrons. The van der Waals surface area contributed by atoms with Crippen molar-refractivity contribution in [3.63, 3.8) is 0 Å². The summed E-state index contributed by atoms with van der Waals surface area (Å²) in [6.45, 7) is 6.16. The largest absolute Gasteiger partial charge is 0.340 e. The smallest absolute Gasteiger partial charge is 0.261 e. The van der Waals surface area contributed by atoms with Gasteiger partial charge >= 0.3 is 0 Å². The number of benzene rings is 2. The Morgan fingerprint density at radius 3 is 2.07 bits per heavy atom. The number of aryl methyl sites for hydroxylation is 3. The molecule has 0 amide bonds. The van der Waals surface area contributed by atoms with Gasteiger partial charge in [0.2, 0.25) is 0 Å². The van der Waals surface area contributed by atoms with Crippen LogP contribution in [0.1, 0.15) is 30.5 Å². The average molecular weight is 396 g/mol. The molecule has 1 heterocycles. The van der Waals surface area contributed by atoms with Crippen molar-refractivity contribution >= 4 is 27.2 Å². The zero-order valence-electron chi connectivity index (χ0n) is 16.4. The van der Waals surface area contributed by atoms with Gasteiger partial charge in [-0.15, -0.1) is 0 Å². The lowest BCUT2D eigenvalue weighted by Gasteiger charge is -2.15. The summed E-state index contributed by atoms with van der Waals surface area (Å²) in [6, 6.07) is 16.5. The first-order valence-electron chi connectivity index (χ1n) is 9.36. The number of nitrogens with zero attached hydrogens (tertiary/aromatic N) is 1. The van der Waals surface area contributed by atoms with Gasteiger partial charge in [0.15, 0.2) is 0 Å². The molecule has 0 aliphatic rings. The van der Waals surface area contributed by atoms with Gasteiger partial charge in [-0.25, -0.2) is 13.4 Å². The molecule has 2 aromatic carbocycles. The van der Waals surface area contributed by atoms with Crippen molar-refractivity contribution < 1.29 is 8.42 Å². The molecule has 3 rings (SSSR count). The molecule has 1 aromatic heterocycles. The molecule has 0 unspecified atom stereocenters. The van der Waals surface area contributed by atoms with E-state index < -0.39 is 10.0 Å². The second kappa shape index (κ2) is 8.44. The van der Waals surface area contributed by atoms with E-state index in [1.54, 1.807) is 36.4 Å². The van der Waals surface area contributed by atoms with Crippen LogP contribution in [0.4, 0.5) is 17.2 Å². The van der Waals surface area contributed by atoms with E-state index in [1.807, 2.05) is 6.92 Å². The van der Waals surface area contributed by atoms with Crippen molar-refractivity contribution in [1.29, 1.82) is 0 Å². The molecular weight excluding hydrogens is 370 g/mol. The highest BCUT2D eigenvalue weighted by Gasteiger charge is 2.14. The van der Waals surface area contributed by atoms with Gasteiger partial charge in [0.25, 0.3) is 10.0 Å². The number of aromatic nitrogens is 1. The maximum Gasteiger partial charge on any atom is 0.261 e. The van der Waals surface area contributed by atoms with Gasteiger partial charge in [-0.05, 0) is 55.2 Å². The molecule has 0 spiro atoms. The number of rotatable bonds is 7. The molecule has 0 radical (unpaired) electrons. The minimum absolute atomic E-state index is 0.227. The molecule has 2 N–H and O–H groups in total. The molecule has 5 nitrogen and oxygen atoms in total. The normalized spacial score (nSPS) is 11.2. The van der Waals surface area contributed by atoms with Gasteiger partial charge in [-0.3, -0.25) is 4.72 Å². The molecule has 0 fully saturated rings. The quantitative estimate of drug-likeness (QED) is 0.587. The molecular formula is C22H25N3O2S. The second-order valence-corrected chi connectivity index (χ2v) is 8.32. The van der Waals surface area contributed by atoms with Crippen LogP contribution in [0.15, 0.2) is 65.7 Å². The molecule has 3 aromatic rings. The van der Waals surface area contributed by atoms with Crippen LogP contribution in [-0.2, 0) is 22.9 Å². The third-order valence-electron chi connectivity index (χ3n) is 4.60. The summed E-state index contributed by atoms with van der Waals surface area (Å²) in [5.74, 6) is 0.675. The Morgan fingerprint density at radius 2 is 1.54 bits per heavy atom. The highest BCUT2D eigenvalue weighted by molar-refractivity contribution is 7.92. The maximum atomic E-state index is 12.5. The Kier molecular flexibility index (Phi) is 5.99. The average Bonchev–Trinajstić information content (AvgIpc) is 2.69. The minimum Gasteiger partial charge on any atom is -0.340 e. The van der Waals surface area contributed by atoms with Crippen molar-refractivity contribution in [1.82, 2.24) is 4.98 Å². The van der Waals surface area contributed by atoms with Crippen LogP contribution < -0.4 is 10.0 Å². The first-order chi connectivity index (χ1) is 13.4. The first kappa shape index (κ1) is 19.9. The Labute approximate surface area is 166 Å². The van der Waals surface area contributed by atoms with E-state index in [1.165, 1.54) is 17.3 Å². The number of hydrogen-bond acceptors (Lipinski definition) is 4. The summed E-state index contributed by atoms with van der Waals surface area (Å²) < 4.78 is 27.6. The third-order valence-corrected chi connectivity index (χ3v) is 6.00. The van der Waals surface area contributed by atoms with Crippen LogP contribution in [0, 0.1) is 6.92 Å². The van der Waals surface area contributed by atoms with Crippen LogP contribution in [0.5, 0.6) is 0 Å². The number of nitrogens with one attached hydrogen (secondary N) is 2. The summed E-state index contributed by atoms with van der Waals surface area (Å²) in [4.78, 5) is 4.61. The highest BCUT2D eigenvalue weighted by atomic mass is 32.2. The van der Waals surface area contributed by atoms with Crippen LogP contribution in [0.3, 0.4) is 0 Å². The monoisotopic (exact) mass is 395 g/mol. The summed E-state index contributed by atoms with van der Waals surface area (Å²) in [6.07, 6.45) is 3.36. The summed E-state index contributed by atoms with van der Waals surface area (Å²) in [5, 5.41) is 3.38. The maximum absolute atomic E-state index is 12.5. The number of anilines is 3. The molecule has 0 bridgehead atoms. The van der Waals surface area contributed by atoms with Crippen molar-refractivity contribution in [3.05, 3.63) is 77.5 Å². The zero-order valence-corrected chi connectivity index (χ0v) is 17.2. The van der Waals surface area contributed by atoms with E-state index >= 15 is 0 Å². The number of sulfonamides is 1. The minimum atomic E-state index is -3.63. The molecule has 0 aliphatic carbocycles. The van der Waals surface area contributed by atoms with E-state index in [0.717, 1.165) is 24.1 Å². The van der Waals surface area contributed by atoms with E-state index in [2.05, 4.69) is 47.1 Å². The van der Waals surface area contributed by atoms with Crippen LogP contribution in [0.2, 0.25) is 0 Å². The van der Waals surface area contributed by atoms with Gasteiger partial charge < -0.3 is 5.32 Å². The van der Waals surface area contributed by atoms with Crippen molar-refractivity contribution in [2.24, 2.45) is 0 Å². The van der Waals surface area contributed by atoms with E-state index in [0.29, 0.717) is 11.5 Å². The van der Waals surface area contributed by atoms with Crippen LogP contribution in [0.25, 0.3) is 0 Å². The third kappa shape index (κ3) is 4.51. The molecule has 28 heavy (non-hydrogen) atoms. The van der Waals surface area contributed by atoms with E-state index in [-0.39, 0.29) is 4.90 Å². The highest BCUT2D eigenvalue weighted by Crippen LogP contribution is 2.26. The summed E-state index contributed by atoms with van der Waals surface area (Å²) in [5.41, 5.74) is 4.96. The molecule has 0 saturated heterocycles. The zero-order chi connectivity index (χ0) is 20.1. The molecule has 0 saturated carbocycles. The molecule has 0 aliphatic heterocycles. The molecule has 6 heteroatoms. The van der Waals surface area contributed by atoms with Gasteiger partial charge in [-0.2, -0.15) is 0 Å². The second-order valence-electron chi connectivity index (χ2n) is 6.63. The fourth-order valence-electron chi connectivity index (χ4n) is 2.99. The van der Waals surface area contributed by atoms with Crippen molar-refractivity contribution in [3.8, 4) is 0 Å². The topological polar surface area (TPSA) is 71.1 Å². The lowest BCUT2D eigenvalue weighted by Crippen LogP contribution is -2.13. The lowest BCUT2D eigenvalue weighted by molar-refractivity contribution is 0.601. The lowest BCUT2D eigenvalue weighted by atomic mass is 10.0. The Morgan fingerprint density at radius 1 is 0.893 bits per heavy atom. The Hall–Kier alpha value is -2.86. The number of hydrogen-bond donors (Lipinski definition) is 2. The SMILES string of the molecule is CCc1cccc(CC)c1Nc1ccc(NS(=O)(=O)c2ccc(C)cc2)cn1. The van der Waals surface area contributed by atoms with Crippen molar-refractivity contribution in [2.45, 2.75) is 38.5 Å². The fraction of sp³-hybridized carbons (Fsp3) is 0.227. The van der Waals surface area contributed by atoms with E-state index in [9.17, 15) is 8.42 Å². The Bertz CT molecular complexity index is 1020. The number of para-hydroxylation sites is 1. The fourth-order valence-corrected chi connectivity index (χ4v) is 4.03.